The lowest BCUT2D eigenvalue weighted by Gasteiger charge is -2.37. The van der Waals surface area contributed by atoms with Gasteiger partial charge in [0.1, 0.15) is 6.54 Å². The molecule has 8 heteroatoms. The Morgan fingerprint density at radius 1 is 1.32 bits per heavy atom. The molecule has 25 heavy (non-hydrogen) atoms. The van der Waals surface area contributed by atoms with Crippen LogP contribution < -0.4 is 5.73 Å². The summed E-state index contributed by atoms with van der Waals surface area (Å²) in [7, 11) is 0. The van der Waals surface area contributed by atoms with E-state index >= 15 is 0 Å². The molecular weight excluding hydrogens is 355 g/mol. The number of likely N-dealkylation sites (tertiary alicyclic amines) is 1. The van der Waals surface area contributed by atoms with Gasteiger partial charge in [-0.2, -0.15) is 13.2 Å². The molecule has 0 bridgehead atoms. The number of rotatable bonds is 2. The molecule has 1 aliphatic heterocycles. The van der Waals surface area contributed by atoms with Gasteiger partial charge in [0.25, 0.3) is 0 Å². The number of piperidine rings is 1. The highest BCUT2D eigenvalue weighted by Gasteiger charge is 2.46. The van der Waals surface area contributed by atoms with Crippen molar-refractivity contribution >= 4 is 29.2 Å². The molecule has 2 unspecified atom stereocenters. The van der Waals surface area contributed by atoms with Gasteiger partial charge in [0.2, 0.25) is 5.91 Å². The van der Waals surface area contributed by atoms with E-state index in [1.54, 1.807) is 0 Å². The minimum absolute atomic E-state index is 0. The number of halogens is 4. The lowest BCUT2D eigenvalue weighted by atomic mass is 9.91. The smallest absolute Gasteiger partial charge is 0.340 e. The van der Waals surface area contributed by atoms with E-state index in [0.717, 1.165) is 16.5 Å². The van der Waals surface area contributed by atoms with Crippen LogP contribution in [0.15, 0.2) is 30.5 Å². The molecule has 0 radical (unpaired) electrons. The number of carbonyl (C=O) groups is 1. The maximum absolute atomic E-state index is 12.9. The van der Waals surface area contributed by atoms with E-state index in [-0.39, 0.29) is 44.4 Å². The number of hydrogen-bond donors (Lipinski definition) is 1. The van der Waals surface area contributed by atoms with Crippen LogP contribution in [0.4, 0.5) is 13.2 Å². The highest BCUT2D eigenvalue weighted by atomic mass is 35.5. The van der Waals surface area contributed by atoms with Crippen molar-refractivity contribution in [2.75, 3.05) is 13.1 Å². The summed E-state index contributed by atoms with van der Waals surface area (Å²) in [6.45, 7) is 2.11. The number of amides is 1. The molecule has 1 fully saturated rings. The number of hydrogen-bond acceptors (Lipinski definition) is 2. The third kappa shape index (κ3) is 3.93. The Bertz CT molecular complexity index is 759. The first-order valence-electron chi connectivity index (χ1n) is 7.92. The molecule has 1 aromatic heterocycles. The number of carbonyl (C=O) groups excluding carboxylic acids is 1. The normalized spacial score (nSPS) is 21.2. The fraction of sp³-hybridized carbons (Fsp3) is 0.471. The van der Waals surface area contributed by atoms with Crippen molar-refractivity contribution in [1.29, 1.82) is 0 Å². The molecule has 1 aliphatic rings. The van der Waals surface area contributed by atoms with Crippen LogP contribution in [-0.4, -0.2) is 40.7 Å². The topological polar surface area (TPSA) is 51.3 Å². The number of aryl methyl sites for hydroxylation is 1. The number of benzene rings is 1. The first-order valence-corrected chi connectivity index (χ1v) is 7.92. The van der Waals surface area contributed by atoms with Gasteiger partial charge in [-0.25, -0.2) is 0 Å². The number of aromatic nitrogens is 1. The Labute approximate surface area is 150 Å². The molecule has 1 saturated heterocycles. The summed E-state index contributed by atoms with van der Waals surface area (Å²) in [5.74, 6) is -1.73. The van der Waals surface area contributed by atoms with Crippen molar-refractivity contribution in [2.24, 2.45) is 11.7 Å². The maximum atomic E-state index is 12.9. The van der Waals surface area contributed by atoms with Gasteiger partial charge in [-0.1, -0.05) is 18.2 Å². The van der Waals surface area contributed by atoms with E-state index in [2.05, 4.69) is 0 Å². The van der Waals surface area contributed by atoms with Crippen LogP contribution in [0.25, 0.3) is 10.9 Å². The summed E-state index contributed by atoms with van der Waals surface area (Å²) >= 11 is 0. The van der Waals surface area contributed by atoms with Crippen LogP contribution in [0.5, 0.6) is 0 Å². The summed E-state index contributed by atoms with van der Waals surface area (Å²) in [6.07, 6.45) is -2.55. The largest absolute Gasteiger partial charge is 0.393 e. The lowest BCUT2D eigenvalue weighted by Crippen LogP contribution is -2.55. The van der Waals surface area contributed by atoms with Gasteiger partial charge in [-0.3, -0.25) is 4.79 Å². The quantitative estimate of drug-likeness (QED) is 0.876. The fourth-order valence-electron chi connectivity index (χ4n) is 3.42. The van der Waals surface area contributed by atoms with Crippen molar-refractivity contribution in [3.05, 3.63) is 36.0 Å². The van der Waals surface area contributed by atoms with Crippen molar-refractivity contribution in [1.82, 2.24) is 9.47 Å². The number of para-hydroxylation sites is 1. The van der Waals surface area contributed by atoms with Gasteiger partial charge < -0.3 is 15.2 Å². The number of fused-ring (bicyclic) bond motifs is 1. The molecule has 1 aromatic carbocycles. The summed E-state index contributed by atoms with van der Waals surface area (Å²) in [5, 5.41) is 1.07. The first kappa shape index (κ1) is 19.6. The van der Waals surface area contributed by atoms with Crippen LogP contribution in [0.3, 0.4) is 0 Å². The number of nitrogens with zero attached hydrogens (tertiary/aromatic N) is 2. The van der Waals surface area contributed by atoms with Gasteiger partial charge >= 0.3 is 6.18 Å². The molecule has 0 aliphatic carbocycles. The Morgan fingerprint density at radius 2 is 2.00 bits per heavy atom. The van der Waals surface area contributed by atoms with Crippen LogP contribution in [0.2, 0.25) is 0 Å². The molecule has 138 valence electrons. The Morgan fingerprint density at radius 3 is 2.64 bits per heavy atom. The monoisotopic (exact) mass is 375 g/mol. The summed E-state index contributed by atoms with van der Waals surface area (Å²) in [4.78, 5) is 13.9. The zero-order valence-corrected chi connectivity index (χ0v) is 14.6. The van der Waals surface area contributed by atoms with E-state index in [0.29, 0.717) is 0 Å². The summed E-state index contributed by atoms with van der Waals surface area (Å²) in [5.41, 5.74) is 7.66. The highest BCUT2D eigenvalue weighted by molar-refractivity contribution is 5.86. The summed E-state index contributed by atoms with van der Waals surface area (Å²) in [6, 6.07) is 6.68. The van der Waals surface area contributed by atoms with Gasteiger partial charge in [0.15, 0.2) is 0 Å². The standard InChI is InChI=1S/C17H20F3N3O.ClH/c1-11-8-23(15-5-3-2-4-12(11)15)10-16(24)22-7-6-13(14(21)9-22)17(18,19)20;/h2-5,8,13-14H,6-7,9-10,21H2,1H3;1H. The van der Waals surface area contributed by atoms with Crippen molar-refractivity contribution in [3.8, 4) is 0 Å². The third-order valence-corrected chi connectivity index (χ3v) is 4.72. The van der Waals surface area contributed by atoms with Gasteiger partial charge in [-0.15, -0.1) is 12.4 Å². The van der Waals surface area contributed by atoms with Gasteiger partial charge in [0.05, 0.1) is 5.92 Å². The van der Waals surface area contributed by atoms with E-state index in [1.165, 1.54) is 4.90 Å². The van der Waals surface area contributed by atoms with Crippen LogP contribution in [0, 0.1) is 12.8 Å². The molecule has 2 atom stereocenters. The van der Waals surface area contributed by atoms with E-state index in [1.807, 2.05) is 42.0 Å². The average Bonchev–Trinajstić information content (AvgIpc) is 2.82. The molecule has 2 heterocycles. The zero-order chi connectivity index (χ0) is 17.5. The van der Waals surface area contributed by atoms with Crippen molar-refractivity contribution < 1.29 is 18.0 Å². The van der Waals surface area contributed by atoms with E-state index in [4.69, 9.17) is 5.73 Å². The van der Waals surface area contributed by atoms with E-state index < -0.39 is 18.1 Å². The second kappa shape index (κ2) is 7.25. The second-order valence-corrected chi connectivity index (χ2v) is 6.40. The van der Waals surface area contributed by atoms with E-state index in [9.17, 15) is 18.0 Å². The Hall–Kier alpha value is -1.73. The molecule has 1 amide bonds. The minimum Gasteiger partial charge on any atom is -0.340 e. The molecule has 2 aromatic rings. The van der Waals surface area contributed by atoms with Crippen LogP contribution >= 0.6 is 12.4 Å². The molecule has 0 spiro atoms. The van der Waals surface area contributed by atoms with Gasteiger partial charge in [-0.05, 0) is 25.0 Å². The maximum Gasteiger partial charge on any atom is 0.393 e. The molecule has 3 rings (SSSR count). The number of alkyl halides is 3. The SMILES string of the molecule is Cc1cn(CC(=O)N2CCC(C(F)(F)F)C(N)C2)c2ccccc12.Cl. The Kier molecular flexibility index (Phi) is 5.68. The predicted octanol–water partition coefficient (Wildman–Crippen LogP) is 3.11. The van der Waals surface area contributed by atoms with Crippen LogP contribution in [0.1, 0.15) is 12.0 Å². The molecule has 0 saturated carbocycles. The highest BCUT2D eigenvalue weighted by Crippen LogP contribution is 2.33. The minimum atomic E-state index is -4.30. The van der Waals surface area contributed by atoms with Crippen molar-refractivity contribution in [3.63, 3.8) is 0 Å². The predicted molar refractivity (Wildman–Crippen MR) is 92.6 cm³/mol. The van der Waals surface area contributed by atoms with Crippen LogP contribution in [-0.2, 0) is 11.3 Å². The number of nitrogens with two attached hydrogens (primary N) is 1. The lowest BCUT2D eigenvalue weighted by molar-refractivity contribution is -0.191. The fourth-order valence-corrected chi connectivity index (χ4v) is 3.42. The molecule has 2 N–H and O–H groups in total. The summed E-state index contributed by atoms with van der Waals surface area (Å²) < 4.78 is 40.4. The zero-order valence-electron chi connectivity index (χ0n) is 13.8. The van der Waals surface area contributed by atoms with Crippen molar-refractivity contribution in [2.45, 2.75) is 32.1 Å². The van der Waals surface area contributed by atoms with Gasteiger partial charge in [0, 0.05) is 36.2 Å². The Balaban J connectivity index is 0.00000225. The third-order valence-electron chi connectivity index (χ3n) is 4.72. The molecular formula is C17H21ClF3N3O. The first-order chi connectivity index (χ1) is 11.3. The second-order valence-electron chi connectivity index (χ2n) is 6.40. The molecule has 4 nitrogen and oxygen atoms in total. The average molecular weight is 376 g/mol.